The molecule has 0 saturated carbocycles. The number of aliphatic carboxylic acids is 3. The van der Waals surface area contributed by atoms with Gasteiger partial charge in [0.05, 0.1) is 25.6 Å². The van der Waals surface area contributed by atoms with Crippen molar-refractivity contribution >= 4 is 23.9 Å². The van der Waals surface area contributed by atoms with Gasteiger partial charge < -0.3 is 34.4 Å². The molecule has 0 aromatic heterocycles. The van der Waals surface area contributed by atoms with Gasteiger partial charge in [-0.05, 0) is 24.1 Å². The fourth-order valence-electron chi connectivity index (χ4n) is 4.43. The molecule has 1 fully saturated rings. The van der Waals surface area contributed by atoms with Crippen molar-refractivity contribution in [2.45, 2.75) is 18.6 Å². The first kappa shape index (κ1) is 34.7. The third-order valence-corrected chi connectivity index (χ3v) is 6.64. The summed E-state index contributed by atoms with van der Waals surface area (Å²) in [7, 11) is 1.22. The number of halogens is 3. The topological polar surface area (TPSA) is 166 Å². The van der Waals surface area contributed by atoms with Gasteiger partial charge in [-0.15, -0.1) is 0 Å². The van der Waals surface area contributed by atoms with E-state index in [1.807, 2.05) is 0 Å². The van der Waals surface area contributed by atoms with E-state index in [4.69, 9.17) is 9.47 Å². The van der Waals surface area contributed by atoms with Crippen molar-refractivity contribution in [1.82, 2.24) is 19.6 Å². The number of rotatable bonds is 12. The molecule has 1 N–H and O–H groups in total. The summed E-state index contributed by atoms with van der Waals surface area (Å²) >= 11 is 0. The van der Waals surface area contributed by atoms with Crippen molar-refractivity contribution in [1.29, 1.82) is 0 Å². The van der Waals surface area contributed by atoms with Gasteiger partial charge in [-0.3, -0.25) is 29.2 Å². The summed E-state index contributed by atoms with van der Waals surface area (Å²) in [6.45, 7) is -1.17. The molecule has 1 saturated heterocycles. The summed E-state index contributed by atoms with van der Waals surface area (Å²) in [5.41, 5.74) is 0.517. The van der Waals surface area contributed by atoms with Crippen LogP contribution in [0.5, 0.6) is 5.75 Å². The molecule has 0 radical (unpaired) electrons. The number of carbonyl (C=O) groups is 4. The van der Waals surface area contributed by atoms with E-state index in [1.54, 1.807) is 14.7 Å². The minimum atomic E-state index is -4.51. The maximum atomic E-state index is 12.4. The van der Waals surface area contributed by atoms with Crippen LogP contribution in [0, 0.1) is 0 Å². The standard InChI is InChI=1S/C26H37F3N4O9/c1-41-24(38)17-32-9-8-30(15-22(34)35)6-7-31(16-23(36)37)10-12-33(13-11-32)21(25(39)40)14-19-2-4-20(5-3-19)42-18-26(27,28)29/h2-5,21H,6-18H2,1H3,(H,34,35)(H,36,37)(H,39,40)/p-2. The number of esters is 1. The number of hydrogen-bond donors (Lipinski definition) is 1. The molecule has 42 heavy (non-hydrogen) atoms. The molecule has 1 atom stereocenters. The molecule has 0 bridgehead atoms. The number of carboxylic acid groups (broad SMARTS) is 3. The Labute approximate surface area is 241 Å². The highest BCUT2D eigenvalue weighted by Gasteiger charge is 2.29. The first-order valence-electron chi connectivity index (χ1n) is 13.1. The largest absolute Gasteiger partial charge is 0.549 e. The van der Waals surface area contributed by atoms with E-state index >= 15 is 0 Å². The second-order valence-electron chi connectivity index (χ2n) is 9.79. The van der Waals surface area contributed by atoms with Crippen molar-refractivity contribution in [2.24, 2.45) is 0 Å². The summed E-state index contributed by atoms with van der Waals surface area (Å²) in [4.78, 5) is 53.5. The summed E-state index contributed by atoms with van der Waals surface area (Å²) in [6, 6.07) is 4.46. The van der Waals surface area contributed by atoms with E-state index in [0.717, 1.165) is 0 Å². The first-order chi connectivity index (χ1) is 19.8. The summed E-state index contributed by atoms with van der Waals surface area (Å²) in [6.07, 6.45) is -4.53. The normalized spacial score (nSPS) is 17.9. The van der Waals surface area contributed by atoms with Crippen LogP contribution in [0.2, 0.25) is 0 Å². The average Bonchev–Trinajstić information content (AvgIpc) is 2.90. The van der Waals surface area contributed by atoms with Gasteiger partial charge in [0.1, 0.15) is 11.8 Å². The zero-order chi connectivity index (χ0) is 31.3. The second-order valence-corrected chi connectivity index (χ2v) is 9.79. The van der Waals surface area contributed by atoms with Crippen molar-refractivity contribution in [3.63, 3.8) is 0 Å². The van der Waals surface area contributed by atoms with Gasteiger partial charge in [0.15, 0.2) is 6.61 Å². The number of benzene rings is 1. The van der Waals surface area contributed by atoms with Crippen molar-refractivity contribution in [2.75, 3.05) is 85.7 Å². The lowest BCUT2D eigenvalue weighted by molar-refractivity contribution is -0.308. The molecule has 0 spiro atoms. The Morgan fingerprint density at radius 3 is 1.69 bits per heavy atom. The van der Waals surface area contributed by atoms with E-state index in [1.165, 1.54) is 36.3 Å². The number of nitrogens with zero attached hydrogens (tertiary/aromatic N) is 4. The van der Waals surface area contributed by atoms with E-state index in [9.17, 15) is 47.7 Å². The Morgan fingerprint density at radius 2 is 1.29 bits per heavy atom. The average molecular weight is 605 g/mol. The monoisotopic (exact) mass is 604 g/mol. The Kier molecular flexibility index (Phi) is 13.9. The predicted octanol–water partition coefficient (Wildman–Crippen LogP) is -2.48. The molecule has 2 rings (SSSR count). The number of alkyl halides is 3. The predicted molar refractivity (Wildman–Crippen MR) is 136 cm³/mol. The van der Waals surface area contributed by atoms with E-state index in [2.05, 4.69) is 0 Å². The lowest BCUT2D eigenvalue weighted by Gasteiger charge is -2.36. The molecule has 13 nitrogen and oxygen atoms in total. The van der Waals surface area contributed by atoms with Crippen LogP contribution in [0.25, 0.3) is 0 Å². The number of hydrogen-bond acceptors (Lipinski definition) is 12. The van der Waals surface area contributed by atoms with Crippen molar-refractivity contribution in [3.05, 3.63) is 29.8 Å². The van der Waals surface area contributed by atoms with E-state index in [-0.39, 0.29) is 71.1 Å². The first-order valence-corrected chi connectivity index (χ1v) is 13.1. The minimum Gasteiger partial charge on any atom is -0.549 e. The Bertz CT molecular complexity index is 1040. The number of ether oxygens (including phenoxy) is 2. The maximum Gasteiger partial charge on any atom is 0.422 e. The van der Waals surface area contributed by atoms with Crippen molar-refractivity contribution < 1.29 is 57.1 Å². The molecular weight excluding hydrogens is 569 g/mol. The highest BCUT2D eigenvalue weighted by Crippen LogP contribution is 2.20. The quantitative estimate of drug-likeness (QED) is 0.250. The van der Waals surface area contributed by atoms with Crippen LogP contribution in [0.1, 0.15) is 5.56 Å². The van der Waals surface area contributed by atoms with Gasteiger partial charge in [0.25, 0.3) is 0 Å². The fraction of sp³-hybridized carbons (Fsp3) is 0.615. The highest BCUT2D eigenvalue weighted by atomic mass is 19.4. The lowest BCUT2D eigenvalue weighted by Crippen LogP contribution is -2.53. The lowest BCUT2D eigenvalue weighted by atomic mass is 10.0. The van der Waals surface area contributed by atoms with Crippen LogP contribution in [0.3, 0.4) is 0 Å². The third kappa shape index (κ3) is 13.5. The van der Waals surface area contributed by atoms with Crippen LogP contribution in [0.4, 0.5) is 13.2 Å². The molecule has 0 amide bonds. The van der Waals surface area contributed by atoms with Gasteiger partial charge in [0, 0.05) is 65.4 Å². The van der Waals surface area contributed by atoms with Gasteiger partial charge in [-0.2, -0.15) is 13.2 Å². The number of carboxylic acids is 3. The Morgan fingerprint density at radius 1 is 0.833 bits per heavy atom. The van der Waals surface area contributed by atoms with Crippen LogP contribution < -0.4 is 14.9 Å². The molecule has 16 heteroatoms. The molecule has 1 unspecified atom stereocenters. The van der Waals surface area contributed by atoms with Gasteiger partial charge in [-0.1, -0.05) is 12.1 Å². The SMILES string of the molecule is COC(=O)CN1CCN(CC(=O)[O-])CCN(CC(=O)[O-])CCN(C(Cc2ccc(OCC(F)(F)F)cc2)C(=O)O)CC1. The molecule has 1 heterocycles. The minimum absolute atomic E-state index is 0.0221. The van der Waals surface area contributed by atoms with Gasteiger partial charge >= 0.3 is 18.1 Å². The summed E-state index contributed by atoms with van der Waals surface area (Å²) in [5, 5.41) is 32.7. The summed E-state index contributed by atoms with van der Waals surface area (Å²) in [5.74, 6) is -4.41. The zero-order valence-electron chi connectivity index (χ0n) is 23.2. The Hall–Kier alpha value is -3.47. The zero-order valence-corrected chi connectivity index (χ0v) is 23.2. The second kappa shape index (κ2) is 16.8. The van der Waals surface area contributed by atoms with E-state index < -0.39 is 55.8 Å². The molecule has 236 valence electrons. The van der Waals surface area contributed by atoms with Crippen LogP contribution in [-0.4, -0.2) is 147 Å². The number of methoxy groups -OCH3 is 1. The smallest absolute Gasteiger partial charge is 0.422 e. The van der Waals surface area contributed by atoms with Crippen LogP contribution in [0.15, 0.2) is 24.3 Å². The Balaban J connectivity index is 2.27. The third-order valence-electron chi connectivity index (χ3n) is 6.64. The summed E-state index contributed by atoms with van der Waals surface area (Å²) < 4.78 is 46.8. The molecule has 0 aliphatic carbocycles. The van der Waals surface area contributed by atoms with Crippen LogP contribution >= 0.6 is 0 Å². The van der Waals surface area contributed by atoms with E-state index in [0.29, 0.717) is 5.56 Å². The molecule has 1 aliphatic rings. The van der Waals surface area contributed by atoms with Gasteiger partial charge in [-0.25, -0.2) is 0 Å². The molecule has 1 aromatic rings. The van der Waals surface area contributed by atoms with Crippen LogP contribution in [-0.2, 0) is 30.3 Å². The molecule has 1 aromatic carbocycles. The molecular formula is C26H35F3N4O9-2. The number of carbonyl (C=O) groups excluding carboxylic acids is 3. The maximum absolute atomic E-state index is 12.4. The highest BCUT2D eigenvalue weighted by molar-refractivity contribution is 5.74. The molecule has 1 aliphatic heterocycles. The van der Waals surface area contributed by atoms with Crippen molar-refractivity contribution in [3.8, 4) is 5.75 Å². The van der Waals surface area contributed by atoms with Gasteiger partial charge in [0.2, 0.25) is 0 Å². The fourth-order valence-corrected chi connectivity index (χ4v) is 4.43.